The molecule has 178 valence electrons. The van der Waals surface area contributed by atoms with Gasteiger partial charge in [-0.25, -0.2) is 19.7 Å². The van der Waals surface area contributed by atoms with Gasteiger partial charge >= 0.3 is 12.3 Å². The Hall–Kier alpha value is -3.28. The van der Waals surface area contributed by atoms with Crippen LogP contribution in [0.5, 0.6) is 0 Å². The van der Waals surface area contributed by atoms with E-state index < -0.39 is 17.8 Å². The van der Waals surface area contributed by atoms with Crippen LogP contribution in [-0.2, 0) is 18.0 Å². The van der Waals surface area contributed by atoms with E-state index in [1.165, 1.54) is 11.8 Å². The number of carbonyl (C=O) groups is 1. The molecule has 4 heterocycles. The van der Waals surface area contributed by atoms with Crippen molar-refractivity contribution in [1.82, 2.24) is 23.9 Å². The highest BCUT2D eigenvalue weighted by atomic mass is 32.2. The lowest BCUT2D eigenvalue weighted by Crippen LogP contribution is -2.21. The van der Waals surface area contributed by atoms with Crippen LogP contribution in [0.15, 0.2) is 35.6 Å². The van der Waals surface area contributed by atoms with Crippen LogP contribution in [0.25, 0.3) is 28.3 Å². The Morgan fingerprint density at radius 3 is 2.74 bits per heavy atom. The second kappa shape index (κ2) is 7.90. The summed E-state index contributed by atoms with van der Waals surface area (Å²) < 4.78 is 48.3. The monoisotopic (exact) mass is 490 g/mol. The molecule has 1 fully saturated rings. The number of imidazole rings is 2. The number of halogens is 3. The number of hydrogen-bond donors (Lipinski definition) is 1. The van der Waals surface area contributed by atoms with Crippen molar-refractivity contribution in [1.29, 1.82) is 0 Å². The number of aromatic nitrogens is 5. The molecule has 1 N–H and O–H groups in total. The molecule has 1 aliphatic carbocycles. The summed E-state index contributed by atoms with van der Waals surface area (Å²) in [6.45, 7) is 3.87. The second-order valence-corrected chi connectivity index (χ2v) is 9.62. The lowest BCUT2D eigenvalue weighted by atomic mass is 10.2. The van der Waals surface area contributed by atoms with E-state index in [9.17, 15) is 18.0 Å². The van der Waals surface area contributed by atoms with E-state index in [4.69, 9.17) is 9.72 Å². The molecule has 34 heavy (non-hydrogen) atoms. The number of carbonyl (C=O) groups excluding carboxylic acids is 1. The molecule has 0 saturated heterocycles. The highest BCUT2D eigenvalue weighted by molar-refractivity contribution is 7.99. The first-order valence-electron chi connectivity index (χ1n) is 10.6. The fourth-order valence-electron chi connectivity index (χ4n) is 3.61. The molecule has 0 atom stereocenters. The Kier molecular flexibility index (Phi) is 5.23. The molecule has 0 spiro atoms. The summed E-state index contributed by atoms with van der Waals surface area (Å²) in [4.78, 5) is 25.3. The van der Waals surface area contributed by atoms with Crippen LogP contribution in [0.2, 0.25) is 0 Å². The summed E-state index contributed by atoms with van der Waals surface area (Å²) in [6.07, 6.45) is -0.761. The van der Waals surface area contributed by atoms with Crippen LogP contribution in [0.3, 0.4) is 0 Å². The molecule has 0 aliphatic heterocycles. The molecule has 4 aromatic rings. The SMILES string of the molecule is CCSc1c(-c2nc3cc(C(F)(F)F)cnc3n2C)nc2cc(NC(=O)OC3(C)CC3)ccn12. The van der Waals surface area contributed by atoms with Gasteiger partial charge in [-0.2, -0.15) is 13.2 Å². The fraction of sp³-hybridized carbons (Fsp3) is 0.364. The van der Waals surface area contributed by atoms with Crippen molar-refractivity contribution >= 4 is 40.4 Å². The van der Waals surface area contributed by atoms with Gasteiger partial charge in [0.25, 0.3) is 0 Å². The van der Waals surface area contributed by atoms with Crippen molar-refractivity contribution in [2.45, 2.75) is 43.5 Å². The average molecular weight is 491 g/mol. The molecule has 0 bridgehead atoms. The zero-order valence-corrected chi connectivity index (χ0v) is 19.4. The Labute approximate surface area is 196 Å². The molecule has 12 heteroatoms. The normalized spacial score (nSPS) is 15.1. The highest BCUT2D eigenvalue weighted by Crippen LogP contribution is 2.39. The van der Waals surface area contributed by atoms with Crippen LogP contribution in [-0.4, -0.2) is 41.4 Å². The number of alkyl halides is 3. The van der Waals surface area contributed by atoms with Gasteiger partial charge in [-0.15, -0.1) is 11.8 Å². The van der Waals surface area contributed by atoms with Gasteiger partial charge < -0.3 is 9.30 Å². The van der Waals surface area contributed by atoms with E-state index in [1.807, 2.05) is 18.2 Å². The smallest absolute Gasteiger partial charge is 0.417 e. The molecule has 1 saturated carbocycles. The summed E-state index contributed by atoms with van der Waals surface area (Å²) in [6, 6.07) is 4.44. The van der Waals surface area contributed by atoms with Crippen LogP contribution in [0.4, 0.5) is 23.7 Å². The van der Waals surface area contributed by atoms with E-state index in [0.717, 1.165) is 35.9 Å². The van der Waals surface area contributed by atoms with Crippen LogP contribution < -0.4 is 5.32 Å². The van der Waals surface area contributed by atoms with Gasteiger partial charge in [-0.3, -0.25) is 9.72 Å². The Bertz CT molecular complexity index is 1420. The van der Waals surface area contributed by atoms with Gasteiger partial charge in [0.2, 0.25) is 0 Å². The number of aryl methyl sites for hydroxylation is 1. The molecule has 8 nitrogen and oxygen atoms in total. The maximum atomic E-state index is 13.1. The van der Waals surface area contributed by atoms with Gasteiger partial charge in [0.1, 0.15) is 27.5 Å². The van der Waals surface area contributed by atoms with Crippen LogP contribution in [0.1, 0.15) is 32.3 Å². The van der Waals surface area contributed by atoms with E-state index in [-0.39, 0.29) is 11.1 Å². The molecule has 1 amide bonds. The number of nitrogens with one attached hydrogen (secondary N) is 1. The summed E-state index contributed by atoms with van der Waals surface area (Å²) in [5, 5.41) is 3.51. The minimum atomic E-state index is -4.51. The van der Waals surface area contributed by atoms with Crippen molar-refractivity contribution in [3.05, 3.63) is 36.2 Å². The van der Waals surface area contributed by atoms with E-state index >= 15 is 0 Å². The molecule has 0 unspecified atom stereocenters. The molecular formula is C22H21F3N6O2S. The predicted octanol–water partition coefficient (Wildman–Crippen LogP) is 5.51. The summed E-state index contributed by atoms with van der Waals surface area (Å²) in [7, 11) is 1.69. The molecule has 0 radical (unpaired) electrons. The summed E-state index contributed by atoms with van der Waals surface area (Å²) in [5.74, 6) is 1.14. The molecule has 0 aromatic carbocycles. The molecule has 5 rings (SSSR count). The first kappa shape index (κ1) is 22.5. The van der Waals surface area contributed by atoms with Gasteiger partial charge in [0, 0.05) is 31.2 Å². The first-order valence-corrected chi connectivity index (χ1v) is 11.6. The molecule has 1 aliphatic rings. The minimum absolute atomic E-state index is 0.135. The number of nitrogens with zero attached hydrogens (tertiary/aromatic N) is 5. The van der Waals surface area contributed by atoms with E-state index in [1.54, 1.807) is 29.9 Å². The zero-order valence-electron chi connectivity index (χ0n) is 18.6. The standard InChI is InChI=1S/C22H21F3N6O2S/c1-4-34-19-16(18-28-14-9-12(22(23,24)25)11-26-17(14)30(18)3)29-15-10-13(5-8-31(15)19)27-20(32)33-21(2)6-7-21/h5,8-11H,4,6-7H2,1-3H3,(H,27,32). The number of rotatable bonds is 5. The first-order chi connectivity index (χ1) is 16.1. The Morgan fingerprint density at radius 2 is 2.06 bits per heavy atom. The number of ether oxygens (including phenoxy) is 1. The van der Waals surface area contributed by atoms with E-state index in [0.29, 0.717) is 28.5 Å². The minimum Gasteiger partial charge on any atom is -0.443 e. The number of anilines is 1. The third-order valence-corrected chi connectivity index (χ3v) is 6.60. The largest absolute Gasteiger partial charge is 0.443 e. The maximum absolute atomic E-state index is 13.1. The third-order valence-electron chi connectivity index (χ3n) is 5.65. The lowest BCUT2D eigenvalue weighted by molar-refractivity contribution is -0.137. The number of pyridine rings is 2. The van der Waals surface area contributed by atoms with Gasteiger partial charge in [-0.1, -0.05) is 6.92 Å². The summed E-state index contributed by atoms with van der Waals surface area (Å²) in [5.41, 5.74) is 0.809. The van der Waals surface area contributed by atoms with Crippen molar-refractivity contribution in [3.63, 3.8) is 0 Å². The topological polar surface area (TPSA) is 86.3 Å². The second-order valence-electron chi connectivity index (χ2n) is 8.37. The van der Waals surface area contributed by atoms with Crippen molar-refractivity contribution < 1.29 is 22.7 Å². The van der Waals surface area contributed by atoms with Gasteiger partial charge in [-0.05, 0) is 37.7 Å². The Balaban J connectivity index is 1.55. The van der Waals surface area contributed by atoms with Crippen molar-refractivity contribution in [2.24, 2.45) is 7.05 Å². The summed E-state index contributed by atoms with van der Waals surface area (Å²) >= 11 is 1.53. The zero-order chi connectivity index (χ0) is 24.3. The number of fused-ring (bicyclic) bond motifs is 2. The highest BCUT2D eigenvalue weighted by Gasteiger charge is 2.41. The van der Waals surface area contributed by atoms with Crippen LogP contribution >= 0.6 is 11.8 Å². The Morgan fingerprint density at radius 1 is 1.29 bits per heavy atom. The third kappa shape index (κ3) is 4.06. The number of hydrogen-bond acceptors (Lipinski definition) is 6. The van der Waals surface area contributed by atoms with Gasteiger partial charge in [0.05, 0.1) is 5.56 Å². The fourth-order valence-corrected chi connectivity index (χ4v) is 4.45. The molecule has 4 aromatic heterocycles. The van der Waals surface area contributed by atoms with Crippen molar-refractivity contribution in [2.75, 3.05) is 11.1 Å². The molecular weight excluding hydrogens is 469 g/mol. The quantitative estimate of drug-likeness (QED) is 0.371. The maximum Gasteiger partial charge on any atom is 0.417 e. The average Bonchev–Trinajstić information content (AvgIpc) is 3.24. The van der Waals surface area contributed by atoms with E-state index in [2.05, 4.69) is 15.3 Å². The van der Waals surface area contributed by atoms with Crippen LogP contribution in [0, 0.1) is 0 Å². The van der Waals surface area contributed by atoms with Crippen molar-refractivity contribution in [3.8, 4) is 11.5 Å². The van der Waals surface area contributed by atoms with Gasteiger partial charge in [0.15, 0.2) is 11.5 Å². The lowest BCUT2D eigenvalue weighted by Gasteiger charge is -2.12. The number of amides is 1. The predicted molar refractivity (Wildman–Crippen MR) is 122 cm³/mol. The number of thioether (sulfide) groups is 1.